The highest BCUT2D eigenvalue weighted by Crippen LogP contribution is 2.20. The first-order valence-corrected chi connectivity index (χ1v) is 5.06. The molecular weight excluding hydrogens is 204 g/mol. The van der Waals surface area contributed by atoms with Crippen LogP contribution in [-0.4, -0.2) is 12.4 Å². The maximum Gasteiger partial charge on any atom is 0.324 e. The van der Waals surface area contributed by atoms with Gasteiger partial charge in [0, 0.05) is 5.69 Å². The Kier molecular flexibility index (Phi) is 4.32. The van der Waals surface area contributed by atoms with Gasteiger partial charge < -0.3 is 11.2 Å². The van der Waals surface area contributed by atoms with Gasteiger partial charge in [-0.25, -0.2) is 4.79 Å². The molecule has 4 N–H and O–H groups in total. The van der Waals surface area contributed by atoms with E-state index < -0.39 is 0 Å². The predicted molar refractivity (Wildman–Crippen MR) is 65.4 cm³/mol. The number of anilines is 1. The summed E-state index contributed by atoms with van der Waals surface area (Å²) in [5.74, 6) is 4.88. The number of amides is 2. The number of carbonyl (C=O) groups excluding carboxylic acids is 1. The second kappa shape index (κ2) is 5.75. The number of hydrogen-bond acceptors (Lipinski definition) is 3. The molecule has 16 heavy (non-hydrogen) atoms. The van der Waals surface area contributed by atoms with Gasteiger partial charge in [0.05, 0.1) is 0 Å². The van der Waals surface area contributed by atoms with Crippen molar-refractivity contribution in [3.8, 4) is 0 Å². The van der Waals surface area contributed by atoms with Crippen LogP contribution in [0.3, 0.4) is 0 Å². The molecule has 0 aromatic heterocycles. The van der Waals surface area contributed by atoms with Crippen LogP contribution in [0.25, 0.3) is 0 Å². The van der Waals surface area contributed by atoms with Gasteiger partial charge in [-0.05, 0) is 24.5 Å². The van der Waals surface area contributed by atoms with Gasteiger partial charge in [0.25, 0.3) is 0 Å². The highest BCUT2D eigenvalue weighted by Gasteiger charge is 2.06. The molecule has 0 spiro atoms. The third kappa shape index (κ3) is 2.98. The zero-order chi connectivity index (χ0) is 12.0. The Morgan fingerprint density at radius 3 is 2.94 bits per heavy atom. The molecule has 1 aromatic rings. The second-order valence-electron chi connectivity index (χ2n) is 3.34. The van der Waals surface area contributed by atoms with E-state index in [4.69, 9.17) is 5.84 Å². The molecule has 1 aromatic carbocycles. The monoisotopic (exact) mass is 220 g/mol. The number of hydrazone groups is 1. The van der Waals surface area contributed by atoms with E-state index in [0.29, 0.717) is 0 Å². The lowest BCUT2D eigenvalue weighted by Gasteiger charge is -2.12. The summed E-state index contributed by atoms with van der Waals surface area (Å²) in [4.78, 5) is 11.4. The molecule has 86 valence electrons. The van der Waals surface area contributed by atoms with Crippen molar-refractivity contribution in [1.29, 1.82) is 0 Å². The number of para-hydroxylation sites is 1. The average molecular weight is 220 g/mol. The molecule has 2 amide bonds. The summed E-state index contributed by atoms with van der Waals surface area (Å²) < 4.78 is 0. The van der Waals surface area contributed by atoms with E-state index in [1.165, 1.54) is 0 Å². The molecule has 0 bridgehead atoms. The van der Waals surface area contributed by atoms with Crippen molar-refractivity contribution < 1.29 is 4.79 Å². The molecule has 0 aliphatic heterocycles. The van der Waals surface area contributed by atoms with Crippen LogP contribution in [-0.2, 0) is 6.42 Å². The lowest BCUT2D eigenvalue weighted by molar-refractivity contribution is 0.256. The standard InChI is InChI=1S/C11H16N4O/c1-3-9-6-4-5-8(2)10(9)15-11(16)13-7-14-12/h4-7H,3,12H2,1-2H3,(H2,13,14,15,16). The van der Waals surface area contributed by atoms with E-state index in [1.807, 2.05) is 32.0 Å². The van der Waals surface area contributed by atoms with Gasteiger partial charge in [0.1, 0.15) is 6.34 Å². The normalized spacial score (nSPS) is 10.4. The van der Waals surface area contributed by atoms with E-state index in [0.717, 1.165) is 29.6 Å². The number of nitrogens with one attached hydrogen (secondary N) is 2. The van der Waals surface area contributed by atoms with Crippen molar-refractivity contribution >= 4 is 18.1 Å². The molecule has 0 radical (unpaired) electrons. The van der Waals surface area contributed by atoms with E-state index >= 15 is 0 Å². The Hall–Kier alpha value is -2.04. The van der Waals surface area contributed by atoms with Crippen LogP contribution < -0.4 is 16.5 Å². The number of urea groups is 1. The van der Waals surface area contributed by atoms with E-state index in [2.05, 4.69) is 15.7 Å². The first kappa shape index (κ1) is 12.0. The highest BCUT2D eigenvalue weighted by atomic mass is 16.2. The molecule has 0 unspecified atom stereocenters. The minimum absolute atomic E-state index is 0.349. The van der Waals surface area contributed by atoms with Crippen molar-refractivity contribution in [2.24, 2.45) is 10.9 Å². The summed E-state index contributed by atoms with van der Waals surface area (Å²) in [5.41, 5.74) is 2.96. The fourth-order valence-corrected chi connectivity index (χ4v) is 1.45. The number of benzene rings is 1. The van der Waals surface area contributed by atoms with Crippen LogP contribution in [0, 0.1) is 6.92 Å². The van der Waals surface area contributed by atoms with Crippen LogP contribution in [0.1, 0.15) is 18.1 Å². The minimum Gasteiger partial charge on any atom is -0.322 e. The van der Waals surface area contributed by atoms with Crippen LogP contribution in [0.2, 0.25) is 0 Å². The Morgan fingerprint density at radius 1 is 1.56 bits per heavy atom. The summed E-state index contributed by atoms with van der Waals surface area (Å²) in [6, 6.07) is 5.56. The van der Waals surface area contributed by atoms with Crippen LogP contribution in [0.5, 0.6) is 0 Å². The zero-order valence-electron chi connectivity index (χ0n) is 9.45. The van der Waals surface area contributed by atoms with Gasteiger partial charge in [0.2, 0.25) is 0 Å². The largest absolute Gasteiger partial charge is 0.324 e. The fourth-order valence-electron chi connectivity index (χ4n) is 1.45. The topological polar surface area (TPSA) is 79.5 Å². The maximum absolute atomic E-state index is 11.4. The molecule has 0 atom stereocenters. The molecule has 0 aliphatic carbocycles. The molecular formula is C11H16N4O. The van der Waals surface area contributed by atoms with Gasteiger partial charge in [-0.3, -0.25) is 5.32 Å². The summed E-state index contributed by atoms with van der Waals surface area (Å²) in [5, 5.41) is 8.35. The van der Waals surface area contributed by atoms with Crippen molar-refractivity contribution in [2.45, 2.75) is 20.3 Å². The summed E-state index contributed by atoms with van der Waals surface area (Å²) >= 11 is 0. The van der Waals surface area contributed by atoms with E-state index in [1.54, 1.807) is 0 Å². The SMILES string of the molecule is CCc1cccc(C)c1NC(=O)NC=NN. The lowest BCUT2D eigenvalue weighted by Crippen LogP contribution is -2.28. The van der Waals surface area contributed by atoms with E-state index in [9.17, 15) is 4.79 Å². The van der Waals surface area contributed by atoms with E-state index in [-0.39, 0.29) is 6.03 Å². The Bertz CT molecular complexity index is 401. The third-order valence-electron chi connectivity index (χ3n) is 2.25. The number of hydrogen-bond donors (Lipinski definition) is 3. The number of carbonyl (C=O) groups is 1. The molecule has 0 fully saturated rings. The summed E-state index contributed by atoms with van der Waals surface area (Å²) in [6.45, 7) is 3.99. The van der Waals surface area contributed by atoms with Crippen molar-refractivity contribution in [2.75, 3.05) is 5.32 Å². The average Bonchev–Trinajstić information content (AvgIpc) is 2.29. The molecule has 5 heteroatoms. The molecule has 0 saturated heterocycles. The number of nitrogens with two attached hydrogens (primary N) is 1. The summed E-state index contributed by atoms with van der Waals surface area (Å²) in [7, 11) is 0. The second-order valence-corrected chi connectivity index (χ2v) is 3.34. The third-order valence-corrected chi connectivity index (χ3v) is 2.25. The molecule has 5 nitrogen and oxygen atoms in total. The number of rotatable bonds is 3. The highest BCUT2D eigenvalue weighted by molar-refractivity contribution is 5.97. The van der Waals surface area contributed by atoms with Crippen molar-refractivity contribution in [3.63, 3.8) is 0 Å². The molecule has 0 saturated carbocycles. The lowest BCUT2D eigenvalue weighted by atomic mass is 10.1. The molecule has 0 heterocycles. The Labute approximate surface area is 94.7 Å². The van der Waals surface area contributed by atoms with Gasteiger partial charge in [0.15, 0.2) is 0 Å². The fraction of sp³-hybridized carbons (Fsp3) is 0.273. The zero-order valence-corrected chi connectivity index (χ0v) is 9.45. The van der Waals surface area contributed by atoms with Gasteiger partial charge in [-0.1, -0.05) is 25.1 Å². The quantitative estimate of drug-likeness (QED) is 0.313. The van der Waals surface area contributed by atoms with Crippen LogP contribution in [0.4, 0.5) is 10.5 Å². The molecule has 0 aliphatic rings. The maximum atomic E-state index is 11.4. The minimum atomic E-state index is -0.349. The van der Waals surface area contributed by atoms with Crippen molar-refractivity contribution in [3.05, 3.63) is 29.3 Å². The van der Waals surface area contributed by atoms with Gasteiger partial charge in [-0.2, -0.15) is 5.10 Å². The van der Waals surface area contributed by atoms with Crippen LogP contribution in [0.15, 0.2) is 23.3 Å². The Morgan fingerprint density at radius 2 is 2.31 bits per heavy atom. The summed E-state index contributed by atoms with van der Waals surface area (Å²) in [6.07, 6.45) is 2.00. The predicted octanol–water partition coefficient (Wildman–Crippen LogP) is 1.58. The van der Waals surface area contributed by atoms with Gasteiger partial charge >= 0.3 is 6.03 Å². The molecule has 1 rings (SSSR count). The van der Waals surface area contributed by atoms with Crippen molar-refractivity contribution in [1.82, 2.24) is 5.32 Å². The first-order chi connectivity index (χ1) is 7.69. The van der Waals surface area contributed by atoms with Gasteiger partial charge in [-0.15, -0.1) is 0 Å². The van der Waals surface area contributed by atoms with Crippen LogP contribution >= 0.6 is 0 Å². The smallest absolute Gasteiger partial charge is 0.322 e. The first-order valence-electron chi connectivity index (χ1n) is 5.06. The Balaban J connectivity index is 2.83. The number of nitrogens with zero attached hydrogens (tertiary/aromatic N) is 1. The number of aryl methyl sites for hydroxylation is 2.